The number of benzene rings is 2. The number of anilines is 2. The SMILES string of the molecule is Cc1ccc(S(=O)(=O)N2c3ccccc3NC3=C(C(=O)CCC3)[C@@H]2c2ccco2)cc1. The van der Waals surface area contributed by atoms with E-state index in [2.05, 4.69) is 5.32 Å². The normalized spacial score (nSPS) is 18.8. The van der Waals surface area contributed by atoms with Crippen molar-refractivity contribution < 1.29 is 17.6 Å². The Balaban J connectivity index is 1.82. The molecule has 1 aromatic heterocycles. The number of nitrogens with one attached hydrogen (secondary N) is 1. The number of nitrogens with zero attached hydrogens (tertiary/aromatic N) is 1. The summed E-state index contributed by atoms with van der Waals surface area (Å²) < 4.78 is 35.1. The molecule has 7 heteroatoms. The van der Waals surface area contributed by atoms with Crippen LogP contribution in [0.1, 0.15) is 36.6 Å². The Hall–Kier alpha value is -3.32. The van der Waals surface area contributed by atoms with Gasteiger partial charge in [0, 0.05) is 17.7 Å². The topological polar surface area (TPSA) is 79.6 Å². The van der Waals surface area contributed by atoms with Gasteiger partial charge in [0.15, 0.2) is 5.78 Å². The monoisotopic (exact) mass is 434 g/mol. The number of hydrogen-bond acceptors (Lipinski definition) is 5. The molecule has 31 heavy (non-hydrogen) atoms. The number of aryl methyl sites for hydroxylation is 1. The first-order chi connectivity index (χ1) is 15.0. The first-order valence-corrected chi connectivity index (χ1v) is 11.7. The number of furan rings is 1. The molecule has 0 radical (unpaired) electrons. The van der Waals surface area contributed by atoms with Crippen LogP contribution in [0.2, 0.25) is 0 Å². The van der Waals surface area contributed by atoms with Crippen LogP contribution < -0.4 is 9.62 Å². The highest BCUT2D eigenvalue weighted by molar-refractivity contribution is 7.92. The molecule has 6 nitrogen and oxygen atoms in total. The third-order valence-electron chi connectivity index (χ3n) is 5.78. The maximum atomic E-state index is 14.0. The van der Waals surface area contributed by atoms with Crippen LogP contribution >= 0.6 is 0 Å². The maximum Gasteiger partial charge on any atom is 0.265 e. The molecule has 0 saturated heterocycles. The highest BCUT2D eigenvalue weighted by Gasteiger charge is 2.43. The summed E-state index contributed by atoms with van der Waals surface area (Å²) in [5.74, 6) is 0.351. The molecule has 0 fully saturated rings. The van der Waals surface area contributed by atoms with E-state index >= 15 is 0 Å². The largest absolute Gasteiger partial charge is 0.467 e. The van der Waals surface area contributed by atoms with Gasteiger partial charge in [0.2, 0.25) is 0 Å². The summed E-state index contributed by atoms with van der Waals surface area (Å²) in [5, 5.41) is 3.36. The van der Waals surface area contributed by atoms with Gasteiger partial charge in [-0.15, -0.1) is 0 Å². The average molecular weight is 435 g/mol. The van der Waals surface area contributed by atoms with E-state index in [9.17, 15) is 13.2 Å². The molecule has 0 spiro atoms. The lowest BCUT2D eigenvalue weighted by Gasteiger charge is -2.33. The van der Waals surface area contributed by atoms with Gasteiger partial charge < -0.3 is 9.73 Å². The predicted molar refractivity (Wildman–Crippen MR) is 118 cm³/mol. The number of allylic oxidation sites excluding steroid dienone is 1. The molecular formula is C24H22N2O4S. The number of Topliss-reactive ketones (excluding diaryl/α,β-unsaturated/α-hetero) is 1. The molecule has 5 rings (SSSR count). The molecule has 3 aromatic rings. The van der Waals surface area contributed by atoms with Crippen LogP contribution in [0, 0.1) is 6.92 Å². The highest BCUT2D eigenvalue weighted by Crippen LogP contribution is 2.47. The van der Waals surface area contributed by atoms with Crippen LogP contribution in [-0.2, 0) is 14.8 Å². The third-order valence-corrected chi connectivity index (χ3v) is 7.57. The lowest BCUT2D eigenvalue weighted by Crippen LogP contribution is -2.37. The summed E-state index contributed by atoms with van der Waals surface area (Å²) in [6.07, 6.45) is 3.28. The maximum absolute atomic E-state index is 14.0. The second-order valence-electron chi connectivity index (χ2n) is 7.84. The quantitative estimate of drug-likeness (QED) is 0.630. The Morgan fingerprint density at radius 2 is 1.77 bits per heavy atom. The molecule has 2 aromatic carbocycles. The van der Waals surface area contributed by atoms with Crippen LogP contribution in [0.15, 0.2) is 87.5 Å². The van der Waals surface area contributed by atoms with Crippen molar-refractivity contribution in [3.05, 3.63) is 89.5 Å². The van der Waals surface area contributed by atoms with Gasteiger partial charge in [-0.3, -0.25) is 4.79 Å². The summed E-state index contributed by atoms with van der Waals surface area (Å²) in [6.45, 7) is 1.91. The highest BCUT2D eigenvalue weighted by atomic mass is 32.2. The number of para-hydroxylation sites is 2. The van der Waals surface area contributed by atoms with Gasteiger partial charge in [-0.05, 0) is 56.2 Å². The van der Waals surface area contributed by atoms with Gasteiger partial charge >= 0.3 is 0 Å². The van der Waals surface area contributed by atoms with Gasteiger partial charge in [0.1, 0.15) is 11.8 Å². The van der Waals surface area contributed by atoms with Crippen molar-refractivity contribution in [2.45, 2.75) is 37.1 Å². The second-order valence-corrected chi connectivity index (χ2v) is 9.66. The van der Waals surface area contributed by atoms with Gasteiger partial charge in [-0.2, -0.15) is 0 Å². The van der Waals surface area contributed by atoms with Gasteiger partial charge in [-0.1, -0.05) is 29.8 Å². The van der Waals surface area contributed by atoms with E-state index in [-0.39, 0.29) is 10.7 Å². The van der Waals surface area contributed by atoms with Crippen molar-refractivity contribution in [2.24, 2.45) is 0 Å². The first kappa shape index (κ1) is 19.6. The summed E-state index contributed by atoms with van der Waals surface area (Å²) in [6, 6.07) is 16.5. The number of rotatable bonds is 3. The molecule has 158 valence electrons. The number of fused-ring (bicyclic) bond motifs is 1. The minimum Gasteiger partial charge on any atom is -0.467 e. The molecule has 2 heterocycles. The molecule has 1 aliphatic carbocycles. The Labute approximate surface area is 181 Å². The van der Waals surface area contributed by atoms with E-state index in [1.807, 2.05) is 19.1 Å². The van der Waals surface area contributed by atoms with Crippen molar-refractivity contribution >= 4 is 27.2 Å². The molecule has 0 unspecified atom stereocenters. The van der Waals surface area contributed by atoms with Crippen LogP contribution in [0.25, 0.3) is 0 Å². The van der Waals surface area contributed by atoms with E-state index in [0.29, 0.717) is 35.5 Å². The molecular weight excluding hydrogens is 412 g/mol. The molecule has 0 amide bonds. The predicted octanol–water partition coefficient (Wildman–Crippen LogP) is 4.96. The Kier molecular flexibility index (Phi) is 4.70. The Morgan fingerprint density at radius 1 is 1.00 bits per heavy atom. The fourth-order valence-corrected chi connectivity index (χ4v) is 5.91. The fourth-order valence-electron chi connectivity index (χ4n) is 4.30. The summed E-state index contributed by atoms with van der Waals surface area (Å²) >= 11 is 0. The summed E-state index contributed by atoms with van der Waals surface area (Å²) in [5.41, 5.74) is 3.30. The fraction of sp³-hybridized carbons (Fsp3) is 0.208. The lowest BCUT2D eigenvalue weighted by molar-refractivity contribution is -0.116. The minimum atomic E-state index is -4.02. The van der Waals surface area contributed by atoms with E-state index in [0.717, 1.165) is 17.7 Å². The van der Waals surface area contributed by atoms with Crippen molar-refractivity contribution in [1.29, 1.82) is 0 Å². The number of carbonyl (C=O) groups is 1. The minimum absolute atomic E-state index is 0.0629. The summed E-state index contributed by atoms with van der Waals surface area (Å²) in [7, 11) is -4.02. The molecule has 1 N–H and O–H groups in total. The number of hydrogen-bond donors (Lipinski definition) is 1. The zero-order valence-corrected chi connectivity index (χ0v) is 17.9. The standard InChI is InChI=1S/C24H22N2O4S/c1-16-11-13-17(14-12-16)31(28,29)26-20-8-3-2-6-18(20)25-19-7-4-9-21(27)23(19)24(26)22-10-5-15-30-22/h2-3,5-6,8,10-15,24-25H,4,7,9H2,1H3/t24-/m0/s1. The van der Waals surface area contributed by atoms with Crippen LogP contribution in [-0.4, -0.2) is 14.2 Å². The van der Waals surface area contributed by atoms with Crippen molar-refractivity contribution in [3.63, 3.8) is 0 Å². The number of sulfonamides is 1. The van der Waals surface area contributed by atoms with E-state index in [1.165, 1.54) is 10.6 Å². The smallest absolute Gasteiger partial charge is 0.265 e. The van der Waals surface area contributed by atoms with Crippen molar-refractivity contribution in [2.75, 3.05) is 9.62 Å². The molecule has 0 saturated carbocycles. The molecule has 0 bridgehead atoms. The van der Waals surface area contributed by atoms with Gasteiger partial charge in [0.25, 0.3) is 10.0 Å². The third kappa shape index (κ3) is 3.25. The molecule has 2 aliphatic rings. The number of ketones is 1. The van der Waals surface area contributed by atoms with Gasteiger partial charge in [-0.25, -0.2) is 12.7 Å². The molecule has 1 atom stereocenters. The first-order valence-electron chi connectivity index (χ1n) is 10.2. The van der Waals surface area contributed by atoms with Crippen LogP contribution in [0.4, 0.5) is 11.4 Å². The van der Waals surface area contributed by atoms with E-state index < -0.39 is 16.1 Å². The number of carbonyl (C=O) groups excluding carboxylic acids is 1. The second kappa shape index (κ2) is 7.42. The van der Waals surface area contributed by atoms with E-state index in [4.69, 9.17) is 4.42 Å². The van der Waals surface area contributed by atoms with E-state index in [1.54, 1.807) is 48.5 Å². The Morgan fingerprint density at radius 3 is 2.52 bits per heavy atom. The zero-order valence-electron chi connectivity index (χ0n) is 17.0. The molecule has 1 aliphatic heterocycles. The van der Waals surface area contributed by atoms with Crippen molar-refractivity contribution in [1.82, 2.24) is 0 Å². The Bertz CT molecular complexity index is 1280. The summed E-state index contributed by atoms with van der Waals surface area (Å²) in [4.78, 5) is 13.3. The van der Waals surface area contributed by atoms with Gasteiger partial charge in [0.05, 0.1) is 22.5 Å². The van der Waals surface area contributed by atoms with Crippen molar-refractivity contribution in [3.8, 4) is 0 Å². The average Bonchev–Trinajstić information content (AvgIpc) is 3.23. The van der Waals surface area contributed by atoms with Crippen LogP contribution in [0.5, 0.6) is 0 Å². The lowest BCUT2D eigenvalue weighted by atomic mass is 9.89. The zero-order chi connectivity index (χ0) is 21.6. The van der Waals surface area contributed by atoms with Crippen LogP contribution in [0.3, 0.4) is 0 Å².